The maximum Gasteiger partial charge on any atom is 0.276 e. The number of rotatable bonds is 5. The molecule has 1 N–H and O–H groups in total. The molecule has 0 bridgehead atoms. The van der Waals surface area contributed by atoms with Crippen LogP contribution < -0.4 is 5.32 Å². The summed E-state index contributed by atoms with van der Waals surface area (Å²) in [5, 5.41) is 3.41. The fourth-order valence-electron chi connectivity index (χ4n) is 2.78. The monoisotopic (exact) mass is 380 g/mol. The van der Waals surface area contributed by atoms with Gasteiger partial charge in [-0.2, -0.15) is 0 Å². The van der Waals surface area contributed by atoms with Crippen LogP contribution in [-0.2, 0) is 17.8 Å². The van der Waals surface area contributed by atoms with Crippen molar-refractivity contribution in [1.82, 2.24) is 10.2 Å². The molecule has 3 heterocycles. The van der Waals surface area contributed by atoms with Crippen molar-refractivity contribution < 1.29 is 9.21 Å². The molecule has 0 atom stereocenters. The molecule has 0 spiro atoms. The lowest BCUT2D eigenvalue weighted by Crippen LogP contribution is -2.29. The molecule has 6 heteroatoms. The Labute approximate surface area is 160 Å². The van der Waals surface area contributed by atoms with Crippen molar-refractivity contribution in [2.24, 2.45) is 0 Å². The highest BCUT2D eigenvalue weighted by atomic mass is 32.1. The van der Waals surface area contributed by atoms with Crippen molar-refractivity contribution in [3.05, 3.63) is 87.6 Å². The number of hydrogen-bond donors (Lipinski definition) is 1. The van der Waals surface area contributed by atoms with Crippen LogP contribution in [0.2, 0.25) is 0 Å². The molecule has 4 nitrogen and oxygen atoms in total. The molecule has 26 heavy (non-hydrogen) atoms. The van der Waals surface area contributed by atoms with E-state index in [1.54, 1.807) is 23.7 Å². The molecule has 130 valence electrons. The molecule has 4 rings (SSSR count). The summed E-state index contributed by atoms with van der Waals surface area (Å²) in [5.41, 5.74) is 1.77. The van der Waals surface area contributed by atoms with E-state index in [0.717, 1.165) is 11.3 Å². The summed E-state index contributed by atoms with van der Waals surface area (Å²) >= 11 is 6.97. The Morgan fingerprint density at radius 1 is 1.12 bits per heavy atom. The number of hydrogen-bond acceptors (Lipinski definition) is 4. The van der Waals surface area contributed by atoms with Crippen LogP contribution in [0.4, 0.5) is 0 Å². The summed E-state index contributed by atoms with van der Waals surface area (Å²) in [6.07, 6.45) is 4.33. The smallest absolute Gasteiger partial charge is 0.276 e. The Kier molecular flexibility index (Phi) is 4.69. The number of amides is 1. The zero-order valence-electron chi connectivity index (χ0n) is 13.8. The third-order valence-corrected chi connectivity index (χ3v) is 5.40. The lowest BCUT2D eigenvalue weighted by atomic mass is 10.1. The van der Waals surface area contributed by atoms with Gasteiger partial charge in [0.2, 0.25) is 0 Å². The summed E-state index contributed by atoms with van der Waals surface area (Å²) in [6, 6.07) is 18.1. The van der Waals surface area contributed by atoms with Gasteiger partial charge in [-0.1, -0.05) is 30.3 Å². The highest BCUT2D eigenvalue weighted by molar-refractivity contribution is 7.80. The Bertz CT molecular complexity index is 959. The van der Waals surface area contributed by atoms with E-state index in [4.69, 9.17) is 16.6 Å². The number of furan rings is 1. The van der Waals surface area contributed by atoms with Crippen molar-refractivity contribution in [2.75, 3.05) is 0 Å². The largest absolute Gasteiger partial charge is 0.467 e. The first-order valence-electron chi connectivity index (χ1n) is 8.18. The molecule has 3 aromatic rings. The van der Waals surface area contributed by atoms with Crippen LogP contribution in [0.5, 0.6) is 0 Å². The lowest BCUT2D eigenvalue weighted by Gasteiger charge is -2.11. The molecule has 0 aliphatic carbocycles. The minimum Gasteiger partial charge on any atom is -0.467 e. The molecule has 1 amide bonds. The number of thiophene rings is 1. The van der Waals surface area contributed by atoms with Crippen LogP contribution in [0.1, 0.15) is 21.1 Å². The Morgan fingerprint density at radius 3 is 2.73 bits per heavy atom. The quantitative estimate of drug-likeness (QED) is 0.533. The molecule has 0 unspecified atom stereocenters. The molecule has 1 fully saturated rings. The second kappa shape index (κ2) is 7.27. The van der Waals surface area contributed by atoms with Crippen LogP contribution in [0, 0.1) is 0 Å². The average molecular weight is 380 g/mol. The van der Waals surface area contributed by atoms with Crippen LogP contribution in [-0.4, -0.2) is 15.9 Å². The molecular formula is C20H16N2O2S2. The topological polar surface area (TPSA) is 45.5 Å². The molecular weight excluding hydrogens is 364 g/mol. The van der Waals surface area contributed by atoms with Gasteiger partial charge in [0.05, 0.1) is 12.8 Å². The highest BCUT2D eigenvalue weighted by Crippen LogP contribution is 2.24. The van der Waals surface area contributed by atoms with Gasteiger partial charge in [0, 0.05) is 16.2 Å². The van der Waals surface area contributed by atoms with E-state index in [0.29, 0.717) is 23.1 Å². The number of nitrogens with one attached hydrogen (secondary N) is 1. The van der Waals surface area contributed by atoms with E-state index in [1.165, 1.54) is 15.3 Å². The van der Waals surface area contributed by atoms with Gasteiger partial charge in [-0.15, -0.1) is 11.3 Å². The van der Waals surface area contributed by atoms with Crippen molar-refractivity contribution in [1.29, 1.82) is 0 Å². The first kappa shape index (κ1) is 16.8. The van der Waals surface area contributed by atoms with Crippen molar-refractivity contribution in [2.45, 2.75) is 13.0 Å². The van der Waals surface area contributed by atoms with Crippen LogP contribution in [0.15, 0.2) is 71.0 Å². The molecule has 1 aliphatic rings. The first-order valence-corrected chi connectivity index (χ1v) is 9.41. The second-order valence-electron chi connectivity index (χ2n) is 5.93. The number of carbonyl (C=O) groups excluding carboxylic acids is 1. The number of thiocarbonyl (C=S) groups is 1. The third kappa shape index (κ3) is 3.61. The predicted molar refractivity (Wildman–Crippen MR) is 107 cm³/mol. The summed E-state index contributed by atoms with van der Waals surface area (Å²) in [5.74, 6) is 0.564. The summed E-state index contributed by atoms with van der Waals surface area (Å²) in [6.45, 7) is 0.332. The third-order valence-electron chi connectivity index (χ3n) is 4.05. The van der Waals surface area contributed by atoms with E-state index in [1.807, 2.05) is 36.4 Å². The summed E-state index contributed by atoms with van der Waals surface area (Å²) in [7, 11) is 0. The van der Waals surface area contributed by atoms with Gasteiger partial charge in [-0.3, -0.25) is 9.69 Å². The normalized spacial score (nSPS) is 15.7. The lowest BCUT2D eigenvalue weighted by molar-refractivity contribution is -0.122. The maximum absolute atomic E-state index is 12.6. The molecule has 1 aromatic carbocycles. The van der Waals surface area contributed by atoms with Crippen LogP contribution in [0.25, 0.3) is 6.08 Å². The molecule has 1 saturated heterocycles. The first-order chi connectivity index (χ1) is 12.7. The SMILES string of the molecule is O=C1/C(=C\c2ccc(Cc3ccccc3)s2)NC(=S)N1Cc1ccco1. The van der Waals surface area contributed by atoms with Gasteiger partial charge >= 0.3 is 0 Å². The van der Waals surface area contributed by atoms with Gasteiger partial charge in [0.15, 0.2) is 5.11 Å². The van der Waals surface area contributed by atoms with E-state index >= 15 is 0 Å². The van der Waals surface area contributed by atoms with Crippen LogP contribution in [0.3, 0.4) is 0 Å². The standard InChI is InChI=1S/C20H16N2O2S2/c23-19-18(21-20(25)22(19)13-15-7-4-10-24-15)12-17-9-8-16(26-17)11-14-5-2-1-3-6-14/h1-10,12H,11,13H2,(H,21,25)/b18-12+. The number of benzene rings is 1. The van der Waals surface area contributed by atoms with E-state index < -0.39 is 0 Å². The van der Waals surface area contributed by atoms with E-state index in [-0.39, 0.29) is 5.91 Å². The van der Waals surface area contributed by atoms with Gasteiger partial charge in [-0.25, -0.2) is 0 Å². The molecule has 0 radical (unpaired) electrons. The second-order valence-corrected chi connectivity index (χ2v) is 7.51. The Balaban J connectivity index is 1.48. The molecule has 2 aromatic heterocycles. The minimum atomic E-state index is -0.135. The summed E-state index contributed by atoms with van der Waals surface area (Å²) < 4.78 is 5.31. The van der Waals surface area contributed by atoms with Crippen molar-refractivity contribution >= 4 is 40.7 Å². The van der Waals surface area contributed by atoms with Gasteiger partial charge in [0.1, 0.15) is 11.5 Å². The van der Waals surface area contributed by atoms with Crippen LogP contribution >= 0.6 is 23.6 Å². The fourth-order valence-corrected chi connectivity index (χ4v) is 4.03. The van der Waals surface area contributed by atoms with Gasteiger partial charge in [0.25, 0.3) is 5.91 Å². The predicted octanol–water partition coefficient (Wildman–Crippen LogP) is 4.19. The van der Waals surface area contributed by atoms with Crippen molar-refractivity contribution in [3.63, 3.8) is 0 Å². The Hall–Kier alpha value is -2.70. The van der Waals surface area contributed by atoms with Gasteiger partial charge < -0.3 is 9.73 Å². The maximum atomic E-state index is 12.6. The zero-order chi connectivity index (χ0) is 17.9. The Morgan fingerprint density at radius 2 is 1.96 bits per heavy atom. The average Bonchev–Trinajstić information content (AvgIpc) is 3.36. The summed E-state index contributed by atoms with van der Waals surface area (Å²) in [4.78, 5) is 16.4. The minimum absolute atomic E-state index is 0.135. The van der Waals surface area contributed by atoms with Gasteiger partial charge in [-0.05, 0) is 48.1 Å². The molecule has 1 aliphatic heterocycles. The highest BCUT2D eigenvalue weighted by Gasteiger charge is 2.31. The number of nitrogens with zero attached hydrogens (tertiary/aromatic N) is 1. The van der Waals surface area contributed by atoms with Crippen molar-refractivity contribution in [3.8, 4) is 0 Å². The van der Waals surface area contributed by atoms with E-state index in [9.17, 15) is 4.79 Å². The zero-order valence-corrected chi connectivity index (χ0v) is 15.5. The van der Waals surface area contributed by atoms with E-state index in [2.05, 4.69) is 23.5 Å². The molecule has 0 saturated carbocycles. The fraction of sp³-hybridized carbons (Fsp3) is 0.100. The number of carbonyl (C=O) groups is 1.